The normalized spacial score (nSPS) is 14.9. The van der Waals surface area contributed by atoms with Crippen LogP contribution in [-0.4, -0.2) is 25.5 Å². The molecule has 0 radical (unpaired) electrons. The Morgan fingerprint density at radius 1 is 1.08 bits per heavy atom. The molecule has 2 aromatic carbocycles. The van der Waals surface area contributed by atoms with Gasteiger partial charge in [-0.1, -0.05) is 24.3 Å². The second kappa shape index (κ2) is 8.34. The third-order valence-electron chi connectivity index (χ3n) is 4.03. The molecule has 1 aliphatic rings. The molecule has 5 nitrogen and oxygen atoms in total. The van der Waals surface area contributed by atoms with Gasteiger partial charge in [-0.15, -0.1) is 0 Å². The molecule has 0 aromatic heterocycles. The van der Waals surface area contributed by atoms with Crippen LogP contribution in [0.25, 0.3) is 6.08 Å². The predicted octanol–water partition coefficient (Wildman–Crippen LogP) is 3.60. The van der Waals surface area contributed by atoms with Crippen molar-refractivity contribution in [2.45, 2.75) is 19.8 Å². The van der Waals surface area contributed by atoms with Crippen molar-refractivity contribution >= 4 is 17.8 Å². The number of amides is 1. The van der Waals surface area contributed by atoms with E-state index in [4.69, 9.17) is 9.47 Å². The van der Waals surface area contributed by atoms with Crippen LogP contribution in [0.3, 0.4) is 0 Å². The summed E-state index contributed by atoms with van der Waals surface area (Å²) in [4.78, 5) is 16.6. The summed E-state index contributed by atoms with van der Waals surface area (Å²) in [5.74, 6) is 2.14. The smallest absolute Gasteiger partial charge is 0.275 e. The molecule has 0 unspecified atom stereocenters. The Bertz CT molecular complexity index is 839. The van der Waals surface area contributed by atoms with Crippen molar-refractivity contribution in [2.24, 2.45) is 4.99 Å². The first-order chi connectivity index (χ1) is 12.7. The van der Waals surface area contributed by atoms with Crippen LogP contribution in [0.1, 0.15) is 24.5 Å². The molecule has 0 saturated heterocycles. The topological polar surface area (TPSA) is 59.9 Å². The number of ether oxygens (including phenoxy) is 2. The van der Waals surface area contributed by atoms with Crippen molar-refractivity contribution in [1.29, 1.82) is 0 Å². The molecule has 5 heteroatoms. The maximum atomic E-state index is 12.2. The van der Waals surface area contributed by atoms with Gasteiger partial charge in [0, 0.05) is 6.42 Å². The van der Waals surface area contributed by atoms with Gasteiger partial charge in [-0.05, 0) is 54.8 Å². The second-order valence-electron chi connectivity index (χ2n) is 5.90. The van der Waals surface area contributed by atoms with Crippen LogP contribution in [0, 0.1) is 0 Å². The fraction of sp³-hybridized carbons (Fsp3) is 0.238. The van der Waals surface area contributed by atoms with Crippen molar-refractivity contribution in [2.75, 3.05) is 13.7 Å². The molecule has 0 atom stereocenters. The van der Waals surface area contributed by atoms with Crippen LogP contribution in [0.2, 0.25) is 0 Å². The lowest BCUT2D eigenvalue weighted by molar-refractivity contribution is -0.115. The Labute approximate surface area is 153 Å². The van der Waals surface area contributed by atoms with Crippen molar-refractivity contribution in [3.8, 4) is 11.5 Å². The molecule has 0 bridgehead atoms. The van der Waals surface area contributed by atoms with E-state index in [1.165, 1.54) is 5.56 Å². The minimum atomic E-state index is -0.170. The predicted molar refractivity (Wildman–Crippen MR) is 102 cm³/mol. The van der Waals surface area contributed by atoms with Gasteiger partial charge in [0.15, 0.2) is 0 Å². The van der Waals surface area contributed by atoms with Crippen LogP contribution in [-0.2, 0) is 11.2 Å². The number of aryl methyl sites for hydroxylation is 1. The number of carbonyl (C=O) groups is 1. The van der Waals surface area contributed by atoms with Gasteiger partial charge in [-0.2, -0.15) is 0 Å². The number of hydrogen-bond acceptors (Lipinski definition) is 4. The third-order valence-corrected chi connectivity index (χ3v) is 4.03. The molecule has 134 valence electrons. The fourth-order valence-electron chi connectivity index (χ4n) is 2.71. The van der Waals surface area contributed by atoms with Crippen LogP contribution < -0.4 is 14.8 Å². The maximum absolute atomic E-state index is 12.2. The molecule has 1 heterocycles. The molecule has 1 amide bonds. The zero-order valence-corrected chi connectivity index (χ0v) is 15.0. The first kappa shape index (κ1) is 17.7. The number of benzene rings is 2. The number of carbonyl (C=O) groups excluding carboxylic acids is 1. The summed E-state index contributed by atoms with van der Waals surface area (Å²) in [7, 11) is 1.65. The van der Waals surface area contributed by atoms with E-state index in [9.17, 15) is 4.79 Å². The van der Waals surface area contributed by atoms with Gasteiger partial charge >= 0.3 is 0 Å². The summed E-state index contributed by atoms with van der Waals surface area (Å²) >= 11 is 0. The monoisotopic (exact) mass is 350 g/mol. The number of hydrogen-bond donors (Lipinski definition) is 1. The van der Waals surface area contributed by atoms with E-state index in [2.05, 4.69) is 10.3 Å². The van der Waals surface area contributed by atoms with Crippen molar-refractivity contribution < 1.29 is 14.3 Å². The molecule has 1 N–H and O–H groups in total. The zero-order valence-electron chi connectivity index (χ0n) is 15.0. The van der Waals surface area contributed by atoms with E-state index >= 15 is 0 Å². The number of aliphatic imine (C=N–C) groups is 1. The standard InChI is InChI=1S/C21H22N2O3/c1-3-26-18-6-4-5-16(13-18)14-19-21(24)23-20(22-19)12-9-15-7-10-17(25-2)11-8-15/h4-8,10-11,13-14H,3,9,12H2,1-2H3,(H,22,23,24)/b19-14+. The summed E-state index contributed by atoms with van der Waals surface area (Å²) in [5.41, 5.74) is 2.48. The zero-order chi connectivity index (χ0) is 18.4. The Morgan fingerprint density at radius 2 is 1.88 bits per heavy atom. The summed E-state index contributed by atoms with van der Waals surface area (Å²) < 4.78 is 10.6. The molecule has 1 aliphatic heterocycles. The van der Waals surface area contributed by atoms with E-state index in [0.717, 1.165) is 23.5 Å². The molecule has 0 saturated carbocycles. The van der Waals surface area contributed by atoms with Crippen LogP contribution in [0.5, 0.6) is 11.5 Å². The molecular formula is C21H22N2O3. The van der Waals surface area contributed by atoms with Gasteiger partial charge < -0.3 is 14.8 Å². The highest BCUT2D eigenvalue weighted by molar-refractivity contribution is 6.14. The Hall–Kier alpha value is -3.08. The van der Waals surface area contributed by atoms with Gasteiger partial charge in [0.05, 0.1) is 13.7 Å². The lowest BCUT2D eigenvalue weighted by Crippen LogP contribution is -2.24. The summed E-state index contributed by atoms with van der Waals surface area (Å²) in [5, 5.41) is 2.84. The first-order valence-electron chi connectivity index (χ1n) is 8.64. The summed E-state index contributed by atoms with van der Waals surface area (Å²) in [6, 6.07) is 15.5. The van der Waals surface area contributed by atoms with Crippen LogP contribution >= 0.6 is 0 Å². The van der Waals surface area contributed by atoms with Crippen molar-refractivity contribution in [1.82, 2.24) is 5.32 Å². The Balaban J connectivity index is 1.67. The summed E-state index contributed by atoms with van der Waals surface area (Å²) in [6.45, 7) is 2.54. The van der Waals surface area contributed by atoms with Gasteiger partial charge in [-0.3, -0.25) is 4.79 Å². The molecule has 0 spiro atoms. The molecule has 2 aromatic rings. The average Bonchev–Trinajstić information content (AvgIpc) is 3.00. The number of rotatable bonds is 7. The van der Waals surface area contributed by atoms with E-state index < -0.39 is 0 Å². The molecular weight excluding hydrogens is 328 g/mol. The average molecular weight is 350 g/mol. The van der Waals surface area contributed by atoms with Crippen LogP contribution in [0.4, 0.5) is 0 Å². The fourth-order valence-corrected chi connectivity index (χ4v) is 2.71. The van der Waals surface area contributed by atoms with Gasteiger partial charge in [-0.25, -0.2) is 4.99 Å². The van der Waals surface area contributed by atoms with Gasteiger partial charge in [0.2, 0.25) is 0 Å². The lowest BCUT2D eigenvalue weighted by Gasteiger charge is -2.03. The van der Waals surface area contributed by atoms with Crippen LogP contribution in [0.15, 0.2) is 59.2 Å². The highest BCUT2D eigenvalue weighted by Gasteiger charge is 2.19. The van der Waals surface area contributed by atoms with E-state index in [1.54, 1.807) is 13.2 Å². The van der Waals surface area contributed by atoms with Crippen molar-refractivity contribution in [3.05, 3.63) is 65.4 Å². The highest BCUT2D eigenvalue weighted by atomic mass is 16.5. The van der Waals surface area contributed by atoms with Crippen molar-refractivity contribution in [3.63, 3.8) is 0 Å². The second-order valence-corrected chi connectivity index (χ2v) is 5.90. The largest absolute Gasteiger partial charge is 0.497 e. The lowest BCUT2D eigenvalue weighted by atomic mass is 10.1. The minimum Gasteiger partial charge on any atom is -0.497 e. The molecule has 0 aliphatic carbocycles. The third kappa shape index (κ3) is 4.51. The minimum absolute atomic E-state index is 0.170. The number of methoxy groups -OCH3 is 1. The molecule has 3 rings (SSSR count). The number of nitrogens with one attached hydrogen (secondary N) is 1. The number of amidine groups is 1. The van der Waals surface area contributed by atoms with Gasteiger partial charge in [0.1, 0.15) is 23.0 Å². The highest BCUT2D eigenvalue weighted by Crippen LogP contribution is 2.19. The first-order valence-corrected chi connectivity index (χ1v) is 8.64. The van der Waals surface area contributed by atoms with E-state index in [-0.39, 0.29) is 5.91 Å². The van der Waals surface area contributed by atoms with Gasteiger partial charge in [0.25, 0.3) is 5.91 Å². The number of nitrogens with zero attached hydrogens (tertiary/aromatic N) is 1. The molecule has 26 heavy (non-hydrogen) atoms. The summed E-state index contributed by atoms with van der Waals surface area (Å²) in [6.07, 6.45) is 3.25. The maximum Gasteiger partial charge on any atom is 0.275 e. The molecule has 0 fully saturated rings. The Kier molecular flexibility index (Phi) is 5.69. The Morgan fingerprint density at radius 3 is 2.62 bits per heavy atom. The quantitative estimate of drug-likeness (QED) is 0.776. The SMILES string of the molecule is CCOc1cccc(/C=C2/N=C(CCc3ccc(OC)cc3)NC2=O)c1. The van der Waals surface area contributed by atoms with E-state index in [1.807, 2.05) is 55.5 Å². The van der Waals surface area contributed by atoms with E-state index in [0.29, 0.717) is 24.6 Å².